The number of aromatic nitrogens is 5. The number of amides is 1. The van der Waals surface area contributed by atoms with Gasteiger partial charge in [0, 0.05) is 42.0 Å². The van der Waals surface area contributed by atoms with Crippen LogP contribution in [-0.2, 0) is 13.6 Å². The lowest BCUT2D eigenvalue weighted by Gasteiger charge is -2.16. The van der Waals surface area contributed by atoms with Gasteiger partial charge in [-0.1, -0.05) is 18.2 Å². The van der Waals surface area contributed by atoms with Crippen LogP contribution in [0.3, 0.4) is 0 Å². The lowest BCUT2D eigenvalue weighted by molar-refractivity contribution is 0.0941. The molecule has 4 rings (SSSR count). The molecular weight excluding hydrogens is 376 g/mol. The van der Waals surface area contributed by atoms with E-state index in [0.29, 0.717) is 5.56 Å². The molecule has 0 fully saturated rings. The fourth-order valence-corrected chi connectivity index (χ4v) is 3.91. The zero-order valence-electron chi connectivity index (χ0n) is 18.0. The Morgan fingerprint density at radius 2 is 2.00 bits per heavy atom. The Bertz CT molecular complexity index is 1240. The standard InChI is InChI=1S/C23H26N6O/c1-6-29-16(4)19(12-24-29)14(2)25-23(30)18-11-22(20-13-28(5)27-15(20)3)26-21-10-8-7-9-17(18)21/h7-14H,6H2,1-5H3,(H,25,30). The van der Waals surface area contributed by atoms with Crippen molar-refractivity contribution in [2.45, 2.75) is 40.3 Å². The fraction of sp³-hybridized carbons (Fsp3) is 0.304. The second-order valence-corrected chi connectivity index (χ2v) is 7.57. The van der Waals surface area contributed by atoms with E-state index in [1.807, 2.05) is 75.2 Å². The molecule has 3 heterocycles. The quantitative estimate of drug-likeness (QED) is 0.548. The number of carbonyl (C=O) groups is 1. The van der Waals surface area contributed by atoms with E-state index < -0.39 is 0 Å². The van der Waals surface area contributed by atoms with Crippen molar-refractivity contribution in [2.75, 3.05) is 0 Å². The summed E-state index contributed by atoms with van der Waals surface area (Å²) in [5, 5.41) is 12.8. The number of carbonyl (C=O) groups excluding carboxylic acids is 1. The number of fused-ring (bicyclic) bond motifs is 1. The lowest BCUT2D eigenvalue weighted by Crippen LogP contribution is -2.27. The van der Waals surface area contributed by atoms with E-state index in [2.05, 4.69) is 22.4 Å². The maximum absolute atomic E-state index is 13.3. The van der Waals surface area contributed by atoms with Crippen LogP contribution >= 0.6 is 0 Å². The van der Waals surface area contributed by atoms with Crippen LogP contribution in [0.1, 0.15) is 47.2 Å². The summed E-state index contributed by atoms with van der Waals surface area (Å²) in [6, 6.07) is 9.42. The van der Waals surface area contributed by atoms with E-state index >= 15 is 0 Å². The third-order valence-electron chi connectivity index (χ3n) is 5.51. The first kappa shape index (κ1) is 19.8. The number of rotatable bonds is 5. The molecule has 0 bridgehead atoms. The highest BCUT2D eigenvalue weighted by molar-refractivity contribution is 6.07. The van der Waals surface area contributed by atoms with Crippen LogP contribution in [0, 0.1) is 13.8 Å². The average molecular weight is 403 g/mol. The highest BCUT2D eigenvalue weighted by atomic mass is 16.1. The van der Waals surface area contributed by atoms with E-state index in [4.69, 9.17) is 4.98 Å². The zero-order chi connectivity index (χ0) is 21.4. The minimum atomic E-state index is -0.159. The minimum absolute atomic E-state index is 0.132. The number of pyridine rings is 1. The molecule has 0 aliphatic heterocycles. The number of nitrogens with zero attached hydrogens (tertiary/aromatic N) is 5. The van der Waals surface area contributed by atoms with Gasteiger partial charge in [-0.25, -0.2) is 4.98 Å². The van der Waals surface area contributed by atoms with Gasteiger partial charge < -0.3 is 5.32 Å². The number of hydrogen-bond donors (Lipinski definition) is 1. The van der Waals surface area contributed by atoms with Crippen LogP contribution in [-0.4, -0.2) is 30.5 Å². The largest absolute Gasteiger partial charge is 0.345 e. The van der Waals surface area contributed by atoms with Gasteiger partial charge in [-0.2, -0.15) is 10.2 Å². The van der Waals surface area contributed by atoms with Gasteiger partial charge in [0.2, 0.25) is 0 Å². The molecule has 30 heavy (non-hydrogen) atoms. The number of para-hydroxylation sites is 1. The van der Waals surface area contributed by atoms with Crippen LogP contribution in [0.5, 0.6) is 0 Å². The van der Waals surface area contributed by atoms with Gasteiger partial charge in [0.25, 0.3) is 5.91 Å². The molecule has 1 atom stereocenters. The first-order valence-electron chi connectivity index (χ1n) is 10.1. The van der Waals surface area contributed by atoms with Crippen molar-refractivity contribution in [2.24, 2.45) is 7.05 Å². The van der Waals surface area contributed by atoms with Gasteiger partial charge in [-0.05, 0) is 39.8 Å². The van der Waals surface area contributed by atoms with E-state index in [1.54, 1.807) is 4.68 Å². The van der Waals surface area contributed by atoms with Crippen LogP contribution < -0.4 is 5.32 Å². The molecule has 7 nitrogen and oxygen atoms in total. The van der Waals surface area contributed by atoms with E-state index in [1.165, 1.54) is 0 Å². The summed E-state index contributed by atoms with van der Waals surface area (Å²) in [4.78, 5) is 18.1. The monoisotopic (exact) mass is 402 g/mol. The summed E-state index contributed by atoms with van der Waals surface area (Å²) in [6.45, 7) is 8.81. The van der Waals surface area contributed by atoms with E-state index in [9.17, 15) is 4.79 Å². The molecule has 1 aromatic carbocycles. The van der Waals surface area contributed by atoms with Gasteiger partial charge in [-0.3, -0.25) is 14.2 Å². The minimum Gasteiger partial charge on any atom is -0.345 e. The highest BCUT2D eigenvalue weighted by Crippen LogP contribution is 2.27. The summed E-state index contributed by atoms with van der Waals surface area (Å²) in [6.07, 6.45) is 3.76. The Morgan fingerprint density at radius 1 is 1.23 bits per heavy atom. The Hall–Kier alpha value is -3.48. The highest BCUT2D eigenvalue weighted by Gasteiger charge is 2.20. The molecule has 154 valence electrons. The molecule has 0 spiro atoms. The molecule has 1 N–H and O–H groups in total. The number of nitrogens with one attached hydrogen (secondary N) is 1. The SMILES string of the molecule is CCn1ncc(C(C)NC(=O)c2cc(-c3cn(C)nc3C)nc3ccccc23)c1C. The van der Waals surface area contributed by atoms with Crippen LogP contribution in [0.15, 0.2) is 42.7 Å². The summed E-state index contributed by atoms with van der Waals surface area (Å²) >= 11 is 0. The second kappa shape index (κ2) is 7.74. The zero-order valence-corrected chi connectivity index (χ0v) is 18.0. The van der Waals surface area contributed by atoms with Crippen molar-refractivity contribution in [1.82, 2.24) is 29.9 Å². The van der Waals surface area contributed by atoms with Crippen LogP contribution in [0.25, 0.3) is 22.2 Å². The summed E-state index contributed by atoms with van der Waals surface area (Å²) < 4.78 is 3.70. The fourth-order valence-electron chi connectivity index (χ4n) is 3.91. The predicted molar refractivity (Wildman–Crippen MR) is 117 cm³/mol. The van der Waals surface area contributed by atoms with Crippen molar-refractivity contribution >= 4 is 16.8 Å². The Balaban J connectivity index is 1.74. The predicted octanol–water partition coefficient (Wildman–Crippen LogP) is 3.96. The Kier molecular flexibility index (Phi) is 5.11. The maximum Gasteiger partial charge on any atom is 0.252 e. The average Bonchev–Trinajstić information content (AvgIpc) is 3.27. The third kappa shape index (κ3) is 3.47. The third-order valence-corrected chi connectivity index (χ3v) is 5.51. The van der Waals surface area contributed by atoms with Crippen molar-refractivity contribution < 1.29 is 4.79 Å². The van der Waals surface area contributed by atoms with E-state index in [0.717, 1.165) is 45.7 Å². The molecule has 3 aromatic heterocycles. The molecule has 1 amide bonds. The van der Waals surface area contributed by atoms with Crippen molar-refractivity contribution in [3.63, 3.8) is 0 Å². The number of aryl methyl sites for hydroxylation is 3. The summed E-state index contributed by atoms with van der Waals surface area (Å²) in [5.41, 5.74) is 6.01. The second-order valence-electron chi connectivity index (χ2n) is 7.57. The number of hydrogen-bond acceptors (Lipinski definition) is 4. The molecule has 0 aliphatic carbocycles. The van der Waals surface area contributed by atoms with Crippen molar-refractivity contribution in [3.05, 3.63) is 65.2 Å². The molecule has 0 saturated heterocycles. The normalized spacial score (nSPS) is 12.3. The smallest absolute Gasteiger partial charge is 0.252 e. The van der Waals surface area contributed by atoms with Gasteiger partial charge >= 0.3 is 0 Å². The first-order chi connectivity index (χ1) is 14.4. The van der Waals surface area contributed by atoms with Crippen LogP contribution in [0.2, 0.25) is 0 Å². The molecular formula is C23H26N6O. The van der Waals surface area contributed by atoms with E-state index in [-0.39, 0.29) is 11.9 Å². The summed E-state index contributed by atoms with van der Waals surface area (Å²) in [7, 11) is 1.88. The topological polar surface area (TPSA) is 77.6 Å². The molecule has 4 aromatic rings. The molecule has 0 radical (unpaired) electrons. The van der Waals surface area contributed by atoms with Crippen molar-refractivity contribution in [3.8, 4) is 11.3 Å². The van der Waals surface area contributed by atoms with Gasteiger partial charge in [0.1, 0.15) is 0 Å². The van der Waals surface area contributed by atoms with Gasteiger partial charge in [0.05, 0.1) is 34.7 Å². The molecule has 1 unspecified atom stereocenters. The molecule has 0 saturated carbocycles. The van der Waals surface area contributed by atoms with Crippen molar-refractivity contribution in [1.29, 1.82) is 0 Å². The number of benzene rings is 1. The first-order valence-corrected chi connectivity index (χ1v) is 10.1. The molecule has 7 heteroatoms. The summed E-state index contributed by atoms with van der Waals surface area (Å²) in [5.74, 6) is -0.132. The lowest BCUT2D eigenvalue weighted by atomic mass is 10.0. The van der Waals surface area contributed by atoms with Gasteiger partial charge in [-0.15, -0.1) is 0 Å². The molecule has 0 aliphatic rings. The Morgan fingerprint density at radius 3 is 2.67 bits per heavy atom. The maximum atomic E-state index is 13.3. The Labute approximate surface area is 175 Å². The van der Waals surface area contributed by atoms with Crippen LogP contribution in [0.4, 0.5) is 0 Å². The van der Waals surface area contributed by atoms with Gasteiger partial charge in [0.15, 0.2) is 0 Å².